The quantitative estimate of drug-likeness (QED) is 0.675. The summed E-state index contributed by atoms with van der Waals surface area (Å²) in [5.41, 5.74) is 2.58. The van der Waals surface area contributed by atoms with Gasteiger partial charge in [0.25, 0.3) is 0 Å². The summed E-state index contributed by atoms with van der Waals surface area (Å²) < 4.78 is 0.832. The Balaban J connectivity index is 2.37. The van der Waals surface area contributed by atoms with Gasteiger partial charge >= 0.3 is 0 Å². The van der Waals surface area contributed by atoms with Crippen molar-refractivity contribution in [2.24, 2.45) is 0 Å². The molecule has 1 aliphatic heterocycles. The van der Waals surface area contributed by atoms with E-state index < -0.39 is 0 Å². The first-order valence-electron chi connectivity index (χ1n) is 3.86. The summed E-state index contributed by atoms with van der Waals surface area (Å²) in [5, 5.41) is 8.24. The molecule has 0 spiro atoms. The number of fused-ring (bicyclic) bond motifs is 3. The number of hydrogen-bond acceptors (Lipinski definition) is 3. The fraction of sp³-hybridized carbons (Fsp3) is 0.125. The molecule has 0 aromatic carbocycles. The van der Waals surface area contributed by atoms with E-state index in [9.17, 15) is 0 Å². The number of H-pyrrole nitrogens is 2. The van der Waals surface area contributed by atoms with Crippen LogP contribution < -0.4 is 0 Å². The van der Waals surface area contributed by atoms with Crippen molar-refractivity contribution in [3.63, 3.8) is 0 Å². The van der Waals surface area contributed by atoms with Crippen LogP contribution in [0.15, 0.2) is 16.3 Å². The summed E-state index contributed by atoms with van der Waals surface area (Å²) in [6, 6.07) is 2.18. The number of hydrogen-bond donors (Lipinski definition) is 2. The Kier molecular flexibility index (Phi) is 1.65. The van der Waals surface area contributed by atoms with Gasteiger partial charge in [0.1, 0.15) is 4.64 Å². The standard InChI is InChI=1S/C8H6N2S3/c11-8-7-5(9-10-8)6-4(3-13-7)1-2-12-6/h1-2H,3H2,(H2,9,10,11). The molecule has 5 heteroatoms. The van der Waals surface area contributed by atoms with Crippen LogP contribution in [0, 0.1) is 4.64 Å². The number of aromatic amines is 2. The number of nitrogens with one attached hydrogen (secondary N) is 2. The lowest BCUT2D eigenvalue weighted by Crippen LogP contribution is -1.89. The topological polar surface area (TPSA) is 31.6 Å². The Bertz CT molecular complexity index is 505. The molecule has 0 radical (unpaired) electrons. The summed E-state index contributed by atoms with van der Waals surface area (Å²) in [4.78, 5) is 2.53. The highest BCUT2D eigenvalue weighted by Gasteiger charge is 2.20. The van der Waals surface area contributed by atoms with Gasteiger partial charge in [-0.05, 0) is 17.0 Å². The largest absolute Gasteiger partial charge is 0.297 e. The Labute approximate surface area is 88.4 Å². The minimum atomic E-state index is 0.832. The highest BCUT2D eigenvalue weighted by molar-refractivity contribution is 7.99. The number of aromatic nitrogens is 2. The predicted octanol–water partition coefficient (Wildman–Crippen LogP) is 3.41. The van der Waals surface area contributed by atoms with E-state index in [-0.39, 0.29) is 0 Å². The van der Waals surface area contributed by atoms with Crippen molar-refractivity contribution >= 4 is 35.3 Å². The Morgan fingerprint density at radius 1 is 1.38 bits per heavy atom. The second-order valence-corrected chi connectivity index (χ2v) is 5.16. The maximum atomic E-state index is 5.17. The predicted molar refractivity (Wildman–Crippen MR) is 58.9 cm³/mol. The lowest BCUT2D eigenvalue weighted by atomic mass is 10.2. The average Bonchev–Trinajstić information content (AvgIpc) is 2.70. The maximum Gasteiger partial charge on any atom is 0.133 e. The fourth-order valence-corrected chi connectivity index (χ4v) is 3.90. The van der Waals surface area contributed by atoms with E-state index in [0.717, 1.165) is 10.4 Å². The van der Waals surface area contributed by atoms with Crippen molar-refractivity contribution in [3.8, 4) is 10.6 Å². The highest BCUT2D eigenvalue weighted by Crippen LogP contribution is 2.43. The minimum Gasteiger partial charge on any atom is -0.297 e. The molecule has 2 nitrogen and oxygen atoms in total. The van der Waals surface area contributed by atoms with Crippen LogP contribution in [-0.2, 0) is 5.75 Å². The van der Waals surface area contributed by atoms with Gasteiger partial charge in [0, 0.05) is 5.75 Å². The van der Waals surface area contributed by atoms with E-state index in [2.05, 4.69) is 21.6 Å². The van der Waals surface area contributed by atoms with E-state index in [1.165, 1.54) is 21.0 Å². The van der Waals surface area contributed by atoms with Gasteiger partial charge in [-0.3, -0.25) is 10.2 Å². The summed E-state index contributed by atoms with van der Waals surface area (Å²) in [7, 11) is 0. The van der Waals surface area contributed by atoms with Gasteiger partial charge < -0.3 is 0 Å². The van der Waals surface area contributed by atoms with Gasteiger partial charge in [0.15, 0.2) is 0 Å². The van der Waals surface area contributed by atoms with E-state index in [4.69, 9.17) is 12.2 Å². The average molecular weight is 226 g/mol. The smallest absolute Gasteiger partial charge is 0.133 e. The van der Waals surface area contributed by atoms with Gasteiger partial charge in [0.2, 0.25) is 0 Å². The molecule has 1 aliphatic rings. The van der Waals surface area contributed by atoms with Crippen LogP contribution in [0.2, 0.25) is 0 Å². The van der Waals surface area contributed by atoms with Crippen molar-refractivity contribution in [2.75, 3.05) is 0 Å². The van der Waals surface area contributed by atoms with Gasteiger partial charge in [-0.25, -0.2) is 0 Å². The Hall–Kier alpha value is -0.520. The third-order valence-corrected chi connectivity index (χ3v) is 4.64. The second kappa shape index (κ2) is 2.73. The zero-order chi connectivity index (χ0) is 8.84. The number of thiophene rings is 1. The molecular weight excluding hydrogens is 220 g/mol. The Morgan fingerprint density at radius 3 is 3.23 bits per heavy atom. The molecule has 0 unspecified atom stereocenters. The summed E-state index contributed by atoms with van der Waals surface area (Å²) >= 11 is 8.75. The summed E-state index contributed by atoms with van der Waals surface area (Å²) in [5.74, 6) is 1.04. The van der Waals surface area contributed by atoms with Crippen molar-refractivity contribution in [3.05, 3.63) is 21.7 Å². The molecule has 0 bridgehead atoms. The van der Waals surface area contributed by atoms with Gasteiger partial charge in [-0.2, -0.15) is 0 Å². The van der Waals surface area contributed by atoms with E-state index in [1.807, 2.05) is 11.8 Å². The molecule has 2 aromatic heterocycles. The van der Waals surface area contributed by atoms with Crippen LogP contribution in [-0.4, -0.2) is 10.2 Å². The lowest BCUT2D eigenvalue weighted by Gasteiger charge is -2.09. The lowest BCUT2D eigenvalue weighted by molar-refractivity contribution is 1.08. The van der Waals surface area contributed by atoms with E-state index >= 15 is 0 Å². The molecule has 0 saturated heterocycles. The molecule has 13 heavy (non-hydrogen) atoms. The van der Waals surface area contributed by atoms with Crippen LogP contribution in [0.4, 0.5) is 0 Å². The highest BCUT2D eigenvalue weighted by atomic mass is 32.2. The maximum absolute atomic E-state index is 5.17. The van der Waals surface area contributed by atoms with Gasteiger partial charge in [0.05, 0.1) is 15.5 Å². The monoisotopic (exact) mass is 226 g/mol. The van der Waals surface area contributed by atoms with Crippen LogP contribution >= 0.6 is 35.3 Å². The molecule has 3 rings (SSSR count). The molecule has 2 aromatic rings. The van der Waals surface area contributed by atoms with E-state index in [0.29, 0.717) is 0 Å². The molecule has 66 valence electrons. The molecule has 0 aliphatic carbocycles. The van der Waals surface area contributed by atoms with Crippen LogP contribution in [0.5, 0.6) is 0 Å². The molecule has 0 fully saturated rings. The third-order valence-electron chi connectivity index (χ3n) is 2.08. The molecular formula is C8H6N2S3. The molecule has 0 atom stereocenters. The molecule has 3 heterocycles. The van der Waals surface area contributed by atoms with Crippen LogP contribution in [0.3, 0.4) is 0 Å². The first-order chi connectivity index (χ1) is 6.36. The first-order valence-corrected chi connectivity index (χ1v) is 6.14. The van der Waals surface area contributed by atoms with Crippen LogP contribution in [0.25, 0.3) is 10.6 Å². The van der Waals surface area contributed by atoms with Gasteiger partial charge in [-0.1, -0.05) is 12.2 Å². The zero-order valence-corrected chi connectivity index (χ0v) is 9.04. The second-order valence-electron chi connectivity index (χ2n) is 2.85. The third kappa shape index (κ3) is 1.04. The number of thioether (sulfide) groups is 1. The molecule has 0 amide bonds. The SMILES string of the molecule is S=c1[nH][nH]c2c1SCc1ccsc1-2. The minimum absolute atomic E-state index is 0.832. The fourth-order valence-electron chi connectivity index (χ4n) is 1.46. The van der Waals surface area contributed by atoms with Gasteiger partial charge in [-0.15, -0.1) is 23.1 Å². The summed E-state index contributed by atoms with van der Waals surface area (Å²) in [6.45, 7) is 0. The number of rotatable bonds is 0. The van der Waals surface area contributed by atoms with Crippen molar-refractivity contribution < 1.29 is 0 Å². The summed E-state index contributed by atoms with van der Waals surface area (Å²) in [6.07, 6.45) is 0. The van der Waals surface area contributed by atoms with E-state index in [1.54, 1.807) is 11.3 Å². The van der Waals surface area contributed by atoms with Crippen molar-refractivity contribution in [1.82, 2.24) is 10.2 Å². The van der Waals surface area contributed by atoms with Crippen molar-refractivity contribution in [1.29, 1.82) is 0 Å². The first kappa shape index (κ1) is 7.84. The van der Waals surface area contributed by atoms with Crippen molar-refractivity contribution in [2.45, 2.75) is 10.6 Å². The molecule has 2 N–H and O–H groups in total. The Morgan fingerprint density at radius 2 is 2.31 bits per heavy atom. The zero-order valence-electron chi connectivity index (χ0n) is 6.59. The normalized spacial score (nSPS) is 13.8. The van der Waals surface area contributed by atoms with Crippen LogP contribution in [0.1, 0.15) is 5.56 Å². The molecule has 0 saturated carbocycles.